The number of hydrogen-bond acceptors (Lipinski definition) is 4. The molecule has 0 saturated heterocycles. The minimum Gasteiger partial charge on any atom is -0.495 e. The third kappa shape index (κ3) is 3.86. The molecule has 3 nitrogen and oxygen atoms in total. The quantitative estimate of drug-likeness (QED) is 0.828. The minimum atomic E-state index is 0.585. The third-order valence-electron chi connectivity index (χ3n) is 3.97. The second-order valence-electron chi connectivity index (χ2n) is 5.31. The fraction of sp³-hybridized carbons (Fsp3) is 0.562. The van der Waals surface area contributed by atoms with Crippen LogP contribution in [0.1, 0.15) is 32.3 Å². The van der Waals surface area contributed by atoms with Crippen molar-refractivity contribution in [2.24, 2.45) is 10.9 Å². The Labute approximate surface area is 136 Å². The molecule has 0 fully saturated rings. The Hall–Kier alpha value is -0.870. The normalized spacial score (nSPS) is 18.0. The van der Waals surface area contributed by atoms with Gasteiger partial charge in [-0.15, -0.1) is 0 Å². The van der Waals surface area contributed by atoms with Gasteiger partial charge in [0.2, 0.25) is 0 Å². The van der Waals surface area contributed by atoms with Crippen molar-refractivity contribution in [2.45, 2.75) is 38.9 Å². The second kappa shape index (κ2) is 7.41. The van der Waals surface area contributed by atoms with Crippen molar-refractivity contribution in [1.29, 1.82) is 0 Å². The Morgan fingerprint density at radius 1 is 1.43 bits per heavy atom. The molecule has 21 heavy (non-hydrogen) atoms. The zero-order valence-corrected chi connectivity index (χ0v) is 14.6. The third-order valence-corrected chi connectivity index (χ3v) is 5.67. The van der Waals surface area contributed by atoms with Crippen molar-refractivity contribution >= 4 is 34.2 Å². The first kappa shape index (κ1) is 16.5. The zero-order chi connectivity index (χ0) is 15.4. The summed E-state index contributed by atoms with van der Waals surface area (Å²) in [5.74, 6) is 1.48. The van der Waals surface area contributed by atoms with Gasteiger partial charge < -0.3 is 10.1 Å². The van der Waals surface area contributed by atoms with Gasteiger partial charge in [-0.3, -0.25) is 4.99 Å². The Morgan fingerprint density at radius 3 is 2.76 bits per heavy atom. The van der Waals surface area contributed by atoms with Gasteiger partial charge in [-0.25, -0.2) is 0 Å². The Morgan fingerprint density at radius 2 is 2.14 bits per heavy atom. The SMILES string of the molecule is CCC(CC)C1CN=C(Nc2cc(C)c(Cl)cc2OC)S1. The summed E-state index contributed by atoms with van der Waals surface area (Å²) in [4.78, 5) is 4.64. The molecule has 0 radical (unpaired) electrons. The van der Waals surface area contributed by atoms with Gasteiger partial charge in [0.25, 0.3) is 0 Å². The molecule has 1 aliphatic rings. The fourth-order valence-electron chi connectivity index (χ4n) is 2.56. The van der Waals surface area contributed by atoms with Gasteiger partial charge in [-0.2, -0.15) is 0 Å². The summed E-state index contributed by atoms with van der Waals surface area (Å²) in [5, 5.41) is 5.67. The molecule has 1 atom stereocenters. The smallest absolute Gasteiger partial charge is 0.161 e. The summed E-state index contributed by atoms with van der Waals surface area (Å²) in [6.45, 7) is 7.40. The number of amidine groups is 1. The number of methoxy groups -OCH3 is 1. The van der Waals surface area contributed by atoms with Crippen LogP contribution in [0.3, 0.4) is 0 Å². The number of anilines is 1. The highest BCUT2D eigenvalue weighted by molar-refractivity contribution is 8.15. The summed E-state index contributed by atoms with van der Waals surface area (Å²) in [6, 6.07) is 3.85. The van der Waals surface area contributed by atoms with Crippen molar-refractivity contribution in [3.8, 4) is 5.75 Å². The standard InChI is InChI=1S/C16H23ClN2OS/c1-5-11(6-2)15-9-18-16(21-15)19-13-7-10(3)12(17)8-14(13)20-4/h7-8,11,15H,5-6,9H2,1-4H3,(H,18,19). The lowest BCUT2D eigenvalue weighted by Crippen LogP contribution is -2.17. The van der Waals surface area contributed by atoms with Crippen molar-refractivity contribution in [2.75, 3.05) is 19.0 Å². The van der Waals surface area contributed by atoms with Gasteiger partial charge in [-0.1, -0.05) is 50.1 Å². The van der Waals surface area contributed by atoms with Crippen molar-refractivity contribution in [3.63, 3.8) is 0 Å². The predicted molar refractivity (Wildman–Crippen MR) is 94.1 cm³/mol. The monoisotopic (exact) mass is 326 g/mol. The first-order valence-electron chi connectivity index (χ1n) is 7.41. The molecule has 1 N–H and O–H groups in total. The molecule has 0 aromatic heterocycles. The first-order chi connectivity index (χ1) is 10.1. The van der Waals surface area contributed by atoms with Crippen LogP contribution in [0.2, 0.25) is 5.02 Å². The summed E-state index contributed by atoms with van der Waals surface area (Å²) in [5.41, 5.74) is 1.95. The van der Waals surface area contributed by atoms with Gasteiger partial charge in [0.15, 0.2) is 5.17 Å². The second-order valence-corrected chi connectivity index (χ2v) is 6.94. The van der Waals surface area contributed by atoms with Gasteiger partial charge in [0.1, 0.15) is 5.75 Å². The highest BCUT2D eigenvalue weighted by atomic mass is 35.5. The van der Waals surface area contributed by atoms with Crippen LogP contribution in [-0.4, -0.2) is 24.1 Å². The van der Waals surface area contributed by atoms with E-state index in [9.17, 15) is 0 Å². The molecule has 1 heterocycles. The van der Waals surface area contributed by atoms with Gasteiger partial charge in [0, 0.05) is 16.3 Å². The molecular weight excluding hydrogens is 304 g/mol. The van der Waals surface area contributed by atoms with Gasteiger partial charge in [-0.05, 0) is 24.5 Å². The number of nitrogens with one attached hydrogen (secondary N) is 1. The lowest BCUT2D eigenvalue weighted by molar-refractivity contribution is 0.417. The average molecular weight is 327 g/mol. The molecule has 0 saturated carbocycles. The molecular formula is C16H23ClN2OS. The zero-order valence-electron chi connectivity index (χ0n) is 13.1. The van der Waals surface area contributed by atoms with E-state index in [1.165, 1.54) is 12.8 Å². The van der Waals surface area contributed by atoms with Crippen LogP contribution in [0, 0.1) is 12.8 Å². The van der Waals surface area contributed by atoms with E-state index in [0.717, 1.165) is 34.6 Å². The minimum absolute atomic E-state index is 0.585. The number of nitrogens with zero attached hydrogens (tertiary/aromatic N) is 1. The lowest BCUT2D eigenvalue weighted by Gasteiger charge is -2.19. The maximum atomic E-state index is 6.14. The van der Waals surface area contributed by atoms with E-state index in [1.807, 2.05) is 30.8 Å². The molecule has 1 aliphatic heterocycles. The number of aliphatic imine (C=N–C) groups is 1. The lowest BCUT2D eigenvalue weighted by atomic mass is 9.99. The van der Waals surface area contributed by atoms with Gasteiger partial charge in [0.05, 0.1) is 19.3 Å². The molecule has 5 heteroatoms. The van der Waals surface area contributed by atoms with E-state index < -0.39 is 0 Å². The Kier molecular flexibility index (Phi) is 5.82. The van der Waals surface area contributed by atoms with E-state index >= 15 is 0 Å². The number of benzene rings is 1. The van der Waals surface area contributed by atoms with Crippen LogP contribution >= 0.6 is 23.4 Å². The molecule has 2 rings (SSSR count). The molecule has 0 spiro atoms. The fourth-order valence-corrected chi connectivity index (χ4v) is 4.05. The number of halogens is 1. The van der Waals surface area contributed by atoms with Crippen LogP contribution in [0.15, 0.2) is 17.1 Å². The molecule has 116 valence electrons. The highest BCUT2D eigenvalue weighted by Crippen LogP contribution is 2.35. The number of ether oxygens (including phenoxy) is 1. The van der Waals surface area contributed by atoms with E-state index in [0.29, 0.717) is 10.3 Å². The maximum Gasteiger partial charge on any atom is 0.161 e. The van der Waals surface area contributed by atoms with Crippen LogP contribution in [0.25, 0.3) is 0 Å². The number of hydrogen-bond donors (Lipinski definition) is 1. The van der Waals surface area contributed by atoms with Crippen LogP contribution in [-0.2, 0) is 0 Å². The van der Waals surface area contributed by atoms with E-state index in [4.69, 9.17) is 16.3 Å². The maximum absolute atomic E-state index is 6.14. The topological polar surface area (TPSA) is 33.6 Å². The van der Waals surface area contributed by atoms with E-state index in [2.05, 4.69) is 24.2 Å². The molecule has 0 aliphatic carbocycles. The Balaban J connectivity index is 2.08. The molecule has 0 amide bonds. The molecule has 1 aromatic rings. The largest absolute Gasteiger partial charge is 0.495 e. The summed E-state index contributed by atoms with van der Waals surface area (Å²) < 4.78 is 5.40. The number of rotatable bonds is 5. The molecule has 1 aromatic carbocycles. The first-order valence-corrected chi connectivity index (χ1v) is 8.67. The Bertz CT molecular complexity index is 529. The van der Waals surface area contributed by atoms with Crippen molar-refractivity contribution in [3.05, 3.63) is 22.7 Å². The molecule has 0 bridgehead atoms. The van der Waals surface area contributed by atoms with Crippen molar-refractivity contribution in [1.82, 2.24) is 0 Å². The summed E-state index contributed by atoms with van der Waals surface area (Å²) in [7, 11) is 1.66. The van der Waals surface area contributed by atoms with Gasteiger partial charge >= 0.3 is 0 Å². The van der Waals surface area contributed by atoms with Crippen LogP contribution < -0.4 is 10.1 Å². The predicted octanol–water partition coefficient (Wildman–Crippen LogP) is 4.98. The summed E-state index contributed by atoms with van der Waals surface area (Å²) in [6.07, 6.45) is 2.42. The van der Waals surface area contributed by atoms with E-state index in [1.54, 1.807) is 7.11 Å². The van der Waals surface area contributed by atoms with Crippen LogP contribution in [0.4, 0.5) is 5.69 Å². The van der Waals surface area contributed by atoms with Crippen molar-refractivity contribution < 1.29 is 4.74 Å². The number of aryl methyl sites for hydroxylation is 1. The average Bonchev–Trinajstić information content (AvgIpc) is 2.92. The summed E-state index contributed by atoms with van der Waals surface area (Å²) >= 11 is 7.98. The number of thioether (sulfide) groups is 1. The van der Waals surface area contributed by atoms with Crippen LogP contribution in [0.5, 0.6) is 5.75 Å². The molecule has 1 unspecified atom stereocenters. The highest BCUT2D eigenvalue weighted by Gasteiger charge is 2.26. The van der Waals surface area contributed by atoms with E-state index in [-0.39, 0.29) is 0 Å².